The molecule has 0 spiro atoms. The van der Waals surface area contributed by atoms with E-state index in [1.54, 1.807) is 13.8 Å². The van der Waals surface area contributed by atoms with Gasteiger partial charge in [0, 0.05) is 23.7 Å². The molecule has 0 heterocycles. The Morgan fingerprint density at radius 2 is 1.81 bits per heavy atom. The summed E-state index contributed by atoms with van der Waals surface area (Å²) in [5, 5.41) is 2.82. The van der Waals surface area contributed by atoms with Gasteiger partial charge in [0.15, 0.2) is 0 Å². The number of halogens is 3. The predicted molar refractivity (Wildman–Crippen MR) is 100 cm³/mol. The summed E-state index contributed by atoms with van der Waals surface area (Å²) in [6.07, 6.45) is -0.281. The third kappa shape index (κ3) is 5.50. The molecular formula is C20H21ClF2N2O2. The first kappa shape index (κ1) is 20.8. The van der Waals surface area contributed by atoms with E-state index in [-0.39, 0.29) is 29.5 Å². The number of amides is 2. The Morgan fingerprint density at radius 3 is 2.41 bits per heavy atom. The average molecular weight is 395 g/mol. The minimum Gasteiger partial charge on any atom is -0.355 e. The zero-order valence-corrected chi connectivity index (χ0v) is 15.9. The van der Waals surface area contributed by atoms with Gasteiger partial charge in [-0.2, -0.15) is 0 Å². The van der Waals surface area contributed by atoms with Crippen molar-refractivity contribution in [3.8, 4) is 0 Å². The van der Waals surface area contributed by atoms with Crippen molar-refractivity contribution in [2.45, 2.75) is 32.9 Å². The van der Waals surface area contributed by atoms with Crippen molar-refractivity contribution in [3.05, 3.63) is 70.2 Å². The molecule has 0 fully saturated rings. The molecule has 7 heteroatoms. The maximum Gasteiger partial charge on any atom is 0.242 e. The molecule has 0 aliphatic rings. The van der Waals surface area contributed by atoms with Crippen LogP contribution in [0.15, 0.2) is 42.5 Å². The van der Waals surface area contributed by atoms with Crippen molar-refractivity contribution < 1.29 is 18.4 Å². The fraction of sp³-hybridized carbons (Fsp3) is 0.300. The molecule has 2 amide bonds. The number of nitrogens with zero attached hydrogens (tertiary/aromatic N) is 1. The minimum absolute atomic E-state index is 0.0800. The second kappa shape index (κ2) is 9.46. The van der Waals surface area contributed by atoms with Gasteiger partial charge in [-0.3, -0.25) is 9.59 Å². The largest absolute Gasteiger partial charge is 0.355 e. The number of likely N-dealkylation sites (N-methyl/N-ethyl adjacent to an activating group) is 1. The van der Waals surface area contributed by atoms with Gasteiger partial charge in [0.25, 0.3) is 0 Å². The SMILES string of the molecule is CCNC(=O)C(C)N(Cc1ccc(F)cc1)C(=O)Cc1c(F)cccc1Cl. The molecule has 1 N–H and O–H groups in total. The molecule has 0 bridgehead atoms. The van der Waals surface area contributed by atoms with E-state index in [1.165, 1.54) is 47.4 Å². The zero-order valence-electron chi connectivity index (χ0n) is 15.1. The lowest BCUT2D eigenvalue weighted by molar-refractivity contribution is -0.140. The maximum atomic E-state index is 14.0. The second-order valence-corrected chi connectivity index (χ2v) is 6.50. The van der Waals surface area contributed by atoms with E-state index in [4.69, 9.17) is 11.6 Å². The van der Waals surface area contributed by atoms with E-state index in [1.807, 2.05) is 0 Å². The topological polar surface area (TPSA) is 49.4 Å². The first-order valence-electron chi connectivity index (χ1n) is 8.58. The van der Waals surface area contributed by atoms with E-state index in [0.717, 1.165) is 0 Å². The molecule has 0 saturated carbocycles. The Balaban J connectivity index is 2.28. The average Bonchev–Trinajstić information content (AvgIpc) is 2.64. The Morgan fingerprint density at radius 1 is 1.15 bits per heavy atom. The highest BCUT2D eigenvalue weighted by Crippen LogP contribution is 2.21. The molecule has 144 valence electrons. The van der Waals surface area contributed by atoms with Crippen LogP contribution < -0.4 is 5.32 Å². The first-order chi connectivity index (χ1) is 12.8. The molecule has 0 radical (unpaired) electrons. The second-order valence-electron chi connectivity index (χ2n) is 6.10. The van der Waals surface area contributed by atoms with Crippen molar-refractivity contribution in [1.29, 1.82) is 0 Å². The third-order valence-corrected chi connectivity index (χ3v) is 4.53. The van der Waals surface area contributed by atoms with E-state index in [9.17, 15) is 18.4 Å². The summed E-state index contributed by atoms with van der Waals surface area (Å²) in [4.78, 5) is 26.5. The fourth-order valence-corrected chi connectivity index (χ4v) is 2.87. The van der Waals surface area contributed by atoms with Gasteiger partial charge >= 0.3 is 0 Å². The number of carbonyl (C=O) groups excluding carboxylic acids is 2. The predicted octanol–water partition coefficient (Wildman–Crippen LogP) is 3.71. The normalized spacial score (nSPS) is 11.7. The van der Waals surface area contributed by atoms with Crippen LogP contribution in [0, 0.1) is 11.6 Å². The first-order valence-corrected chi connectivity index (χ1v) is 8.95. The van der Waals surface area contributed by atoms with Crippen LogP contribution in [0.1, 0.15) is 25.0 Å². The molecule has 0 aromatic heterocycles. The van der Waals surface area contributed by atoms with Crippen LogP contribution in [-0.4, -0.2) is 29.3 Å². The fourth-order valence-electron chi connectivity index (χ4n) is 2.65. The summed E-state index contributed by atoms with van der Waals surface area (Å²) < 4.78 is 27.2. The zero-order chi connectivity index (χ0) is 20.0. The van der Waals surface area contributed by atoms with Crippen molar-refractivity contribution in [1.82, 2.24) is 10.2 Å². The van der Waals surface area contributed by atoms with Gasteiger partial charge in [0.05, 0.1) is 6.42 Å². The van der Waals surface area contributed by atoms with Gasteiger partial charge in [-0.1, -0.05) is 29.8 Å². The van der Waals surface area contributed by atoms with Gasteiger partial charge in [0.2, 0.25) is 11.8 Å². The quantitative estimate of drug-likeness (QED) is 0.778. The van der Waals surface area contributed by atoms with Crippen LogP contribution in [0.2, 0.25) is 5.02 Å². The number of rotatable bonds is 7. The van der Waals surface area contributed by atoms with Crippen LogP contribution in [0.4, 0.5) is 8.78 Å². The Labute approximate surface area is 162 Å². The van der Waals surface area contributed by atoms with Crippen LogP contribution in [0.25, 0.3) is 0 Å². The molecule has 2 aromatic carbocycles. The third-order valence-electron chi connectivity index (χ3n) is 4.17. The lowest BCUT2D eigenvalue weighted by Crippen LogP contribution is -2.48. The minimum atomic E-state index is -0.784. The van der Waals surface area contributed by atoms with Gasteiger partial charge in [0.1, 0.15) is 17.7 Å². The molecule has 2 rings (SSSR count). The maximum absolute atomic E-state index is 14.0. The Bertz CT molecular complexity index is 792. The summed E-state index contributed by atoms with van der Waals surface area (Å²) in [5.41, 5.74) is 0.733. The number of carbonyl (C=O) groups is 2. The summed E-state index contributed by atoms with van der Waals surface area (Å²) in [6.45, 7) is 3.87. The van der Waals surface area contributed by atoms with Crippen molar-refractivity contribution in [3.63, 3.8) is 0 Å². The van der Waals surface area contributed by atoms with Crippen LogP contribution in [-0.2, 0) is 22.6 Å². The van der Waals surface area contributed by atoms with Crippen LogP contribution >= 0.6 is 11.6 Å². The molecule has 27 heavy (non-hydrogen) atoms. The number of benzene rings is 2. The van der Waals surface area contributed by atoms with Gasteiger partial charge in [-0.25, -0.2) is 8.78 Å². The van der Waals surface area contributed by atoms with E-state index < -0.39 is 23.6 Å². The highest BCUT2D eigenvalue weighted by Gasteiger charge is 2.27. The molecule has 1 unspecified atom stereocenters. The van der Waals surface area contributed by atoms with E-state index in [0.29, 0.717) is 12.1 Å². The van der Waals surface area contributed by atoms with Gasteiger partial charge in [-0.05, 0) is 43.7 Å². The molecule has 4 nitrogen and oxygen atoms in total. The molecule has 2 aromatic rings. The lowest BCUT2D eigenvalue weighted by atomic mass is 10.1. The highest BCUT2D eigenvalue weighted by atomic mass is 35.5. The number of hydrogen-bond donors (Lipinski definition) is 1. The number of nitrogens with one attached hydrogen (secondary N) is 1. The summed E-state index contributed by atoms with van der Waals surface area (Å²) in [7, 11) is 0. The van der Waals surface area contributed by atoms with E-state index >= 15 is 0 Å². The molecule has 0 aliphatic heterocycles. The standard InChI is InChI=1S/C20H21ClF2N2O2/c1-3-24-20(27)13(2)25(12-14-7-9-15(22)10-8-14)19(26)11-16-17(21)5-4-6-18(16)23/h4-10,13H,3,11-12H2,1-2H3,(H,24,27). The summed E-state index contributed by atoms with van der Waals surface area (Å²) >= 11 is 6.02. The number of hydrogen-bond acceptors (Lipinski definition) is 2. The van der Waals surface area contributed by atoms with Crippen molar-refractivity contribution >= 4 is 23.4 Å². The van der Waals surface area contributed by atoms with Crippen LogP contribution in [0.5, 0.6) is 0 Å². The molecule has 0 saturated heterocycles. The highest BCUT2D eigenvalue weighted by molar-refractivity contribution is 6.31. The van der Waals surface area contributed by atoms with Crippen molar-refractivity contribution in [2.75, 3.05) is 6.54 Å². The lowest BCUT2D eigenvalue weighted by Gasteiger charge is -2.29. The van der Waals surface area contributed by atoms with Crippen LogP contribution in [0.3, 0.4) is 0 Å². The smallest absolute Gasteiger partial charge is 0.242 e. The molecule has 0 aliphatic carbocycles. The van der Waals surface area contributed by atoms with Gasteiger partial charge < -0.3 is 10.2 Å². The molecule has 1 atom stereocenters. The van der Waals surface area contributed by atoms with Gasteiger partial charge in [-0.15, -0.1) is 0 Å². The molecular weight excluding hydrogens is 374 g/mol. The Kier molecular flexibility index (Phi) is 7.30. The summed E-state index contributed by atoms with van der Waals surface area (Å²) in [6, 6.07) is 9.04. The van der Waals surface area contributed by atoms with Crippen molar-refractivity contribution in [2.24, 2.45) is 0 Å². The summed E-state index contributed by atoms with van der Waals surface area (Å²) in [5.74, 6) is -1.76. The monoisotopic (exact) mass is 394 g/mol. The Hall–Kier alpha value is -2.47. The van der Waals surface area contributed by atoms with E-state index in [2.05, 4.69) is 5.32 Å².